The van der Waals surface area contributed by atoms with E-state index in [1.807, 2.05) is 38.1 Å². The van der Waals surface area contributed by atoms with Crippen molar-refractivity contribution in [1.29, 1.82) is 0 Å². The average Bonchev–Trinajstić information content (AvgIpc) is 3.15. The van der Waals surface area contributed by atoms with Gasteiger partial charge in [0.1, 0.15) is 6.54 Å². The normalized spacial score (nSPS) is 20.3. The van der Waals surface area contributed by atoms with E-state index in [9.17, 15) is 9.59 Å². The lowest BCUT2D eigenvalue weighted by Crippen LogP contribution is -2.33. The molecule has 1 amide bonds. The van der Waals surface area contributed by atoms with Crippen molar-refractivity contribution < 1.29 is 14.7 Å². The van der Waals surface area contributed by atoms with Gasteiger partial charge in [-0.3, -0.25) is 9.59 Å². The van der Waals surface area contributed by atoms with Gasteiger partial charge in [0.05, 0.1) is 5.92 Å². The Labute approximate surface area is 139 Å². The predicted molar refractivity (Wildman–Crippen MR) is 84.9 cm³/mol. The Hall–Kier alpha value is -2.77. The molecule has 8 heteroatoms. The van der Waals surface area contributed by atoms with Crippen LogP contribution >= 0.6 is 0 Å². The molecule has 0 radical (unpaired) electrons. The van der Waals surface area contributed by atoms with Crippen LogP contribution in [0.3, 0.4) is 0 Å². The molecular weight excluding hydrogens is 310 g/mol. The third-order valence-electron chi connectivity index (χ3n) is 4.32. The molecule has 1 saturated heterocycles. The van der Waals surface area contributed by atoms with E-state index < -0.39 is 11.9 Å². The molecule has 0 saturated carbocycles. The number of aryl methyl sites for hydroxylation is 1. The van der Waals surface area contributed by atoms with Crippen molar-refractivity contribution in [3.63, 3.8) is 0 Å². The summed E-state index contributed by atoms with van der Waals surface area (Å²) in [4.78, 5) is 26.3. The number of likely N-dealkylation sites (tertiary alicyclic amines) is 1. The van der Waals surface area contributed by atoms with Crippen LogP contribution in [0.4, 0.5) is 0 Å². The van der Waals surface area contributed by atoms with Crippen molar-refractivity contribution in [2.24, 2.45) is 11.8 Å². The van der Waals surface area contributed by atoms with E-state index in [-0.39, 0.29) is 24.9 Å². The molecule has 1 fully saturated rings. The summed E-state index contributed by atoms with van der Waals surface area (Å²) in [7, 11) is 0. The van der Waals surface area contributed by atoms with Crippen LogP contribution in [0.2, 0.25) is 0 Å². The molecule has 8 nitrogen and oxygen atoms in total. The molecule has 2 heterocycles. The number of aliphatic carboxylic acids is 1. The summed E-state index contributed by atoms with van der Waals surface area (Å²) >= 11 is 0. The number of tetrazole rings is 1. The number of carboxylic acid groups (broad SMARTS) is 1. The summed E-state index contributed by atoms with van der Waals surface area (Å²) in [6.07, 6.45) is 0. The zero-order valence-electron chi connectivity index (χ0n) is 13.6. The molecule has 2 atom stereocenters. The van der Waals surface area contributed by atoms with E-state index >= 15 is 0 Å². The summed E-state index contributed by atoms with van der Waals surface area (Å²) in [5.74, 6) is -1.17. The number of hydrogen-bond acceptors (Lipinski definition) is 5. The van der Waals surface area contributed by atoms with E-state index in [2.05, 4.69) is 15.4 Å². The summed E-state index contributed by atoms with van der Waals surface area (Å²) < 4.78 is 0. The largest absolute Gasteiger partial charge is 0.481 e. The Morgan fingerprint density at radius 1 is 1.25 bits per heavy atom. The molecule has 24 heavy (non-hydrogen) atoms. The lowest BCUT2D eigenvalue weighted by Gasteiger charge is -2.14. The highest BCUT2D eigenvalue weighted by molar-refractivity contribution is 5.78. The van der Waals surface area contributed by atoms with Gasteiger partial charge in [-0.05, 0) is 18.1 Å². The van der Waals surface area contributed by atoms with Crippen molar-refractivity contribution in [2.45, 2.75) is 20.4 Å². The highest BCUT2D eigenvalue weighted by Gasteiger charge is 2.37. The second-order valence-electron chi connectivity index (χ2n) is 6.23. The summed E-state index contributed by atoms with van der Waals surface area (Å²) in [6, 6.07) is 7.72. The minimum Gasteiger partial charge on any atom is -0.481 e. The first-order valence-electron chi connectivity index (χ1n) is 7.79. The molecule has 0 spiro atoms. The summed E-state index contributed by atoms with van der Waals surface area (Å²) in [5.41, 5.74) is 1.97. The van der Waals surface area contributed by atoms with Crippen molar-refractivity contribution in [1.82, 2.24) is 25.1 Å². The number of aromatic nitrogens is 4. The maximum absolute atomic E-state index is 12.3. The molecule has 3 rings (SSSR count). The predicted octanol–water partition coefficient (Wildman–Crippen LogP) is 0.828. The minimum absolute atomic E-state index is 0.0437. The topological polar surface area (TPSA) is 101 Å². The zero-order valence-corrected chi connectivity index (χ0v) is 13.6. The molecule has 1 aromatic heterocycles. The number of carbonyl (C=O) groups excluding carboxylic acids is 1. The van der Waals surface area contributed by atoms with Gasteiger partial charge in [-0.25, -0.2) is 0 Å². The molecular formula is C16H19N5O3. The number of carbonyl (C=O) groups is 2. The van der Waals surface area contributed by atoms with E-state index in [0.29, 0.717) is 12.4 Å². The van der Waals surface area contributed by atoms with Crippen molar-refractivity contribution >= 4 is 11.9 Å². The fraction of sp³-hybridized carbons (Fsp3) is 0.438. The molecule has 0 aliphatic carbocycles. The Morgan fingerprint density at radius 2 is 1.96 bits per heavy atom. The van der Waals surface area contributed by atoms with Crippen LogP contribution < -0.4 is 0 Å². The lowest BCUT2D eigenvalue weighted by atomic mass is 9.99. The summed E-state index contributed by atoms with van der Waals surface area (Å²) in [5, 5.41) is 21.3. The minimum atomic E-state index is -0.863. The third kappa shape index (κ3) is 3.27. The molecule has 1 aromatic carbocycles. The van der Waals surface area contributed by atoms with Gasteiger partial charge >= 0.3 is 5.97 Å². The highest BCUT2D eigenvalue weighted by atomic mass is 16.4. The first-order valence-corrected chi connectivity index (χ1v) is 7.79. The van der Waals surface area contributed by atoms with E-state index in [1.165, 1.54) is 4.80 Å². The summed E-state index contributed by atoms with van der Waals surface area (Å²) in [6.45, 7) is 4.46. The van der Waals surface area contributed by atoms with Crippen molar-refractivity contribution in [3.8, 4) is 11.4 Å². The Bertz CT molecular complexity index is 755. The number of nitrogens with zero attached hydrogens (tertiary/aromatic N) is 5. The van der Waals surface area contributed by atoms with Gasteiger partial charge in [0.25, 0.3) is 0 Å². The number of benzene rings is 1. The van der Waals surface area contributed by atoms with Crippen LogP contribution in [0.5, 0.6) is 0 Å². The third-order valence-corrected chi connectivity index (χ3v) is 4.32. The van der Waals surface area contributed by atoms with E-state index in [4.69, 9.17) is 5.11 Å². The number of rotatable bonds is 4. The smallest absolute Gasteiger partial charge is 0.308 e. The maximum Gasteiger partial charge on any atom is 0.308 e. The van der Waals surface area contributed by atoms with Crippen LogP contribution in [0, 0.1) is 18.8 Å². The Balaban J connectivity index is 1.66. The number of amides is 1. The highest BCUT2D eigenvalue weighted by Crippen LogP contribution is 2.23. The first-order chi connectivity index (χ1) is 11.4. The fourth-order valence-electron chi connectivity index (χ4n) is 2.84. The van der Waals surface area contributed by atoms with Crippen LogP contribution in [-0.4, -0.2) is 55.2 Å². The van der Waals surface area contributed by atoms with E-state index in [1.54, 1.807) is 4.90 Å². The second-order valence-corrected chi connectivity index (χ2v) is 6.23. The maximum atomic E-state index is 12.3. The Morgan fingerprint density at radius 3 is 2.58 bits per heavy atom. The van der Waals surface area contributed by atoms with Crippen molar-refractivity contribution in [3.05, 3.63) is 29.8 Å². The standard InChI is InChI=1S/C16H19N5O3/c1-10-3-5-12(6-4-10)15-17-19-21(18-15)9-14(22)20-7-11(2)13(8-20)16(23)24/h3-6,11,13H,7-9H2,1-2H3,(H,23,24)/t11-,13-/m1/s1. The number of carboxylic acids is 1. The van der Waals surface area contributed by atoms with Crippen LogP contribution in [0.1, 0.15) is 12.5 Å². The van der Waals surface area contributed by atoms with Crippen LogP contribution in [-0.2, 0) is 16.1 Å². The van der Waals surface area contributed by atoms with Crippen LogP contribution in [0.25, 0.3) is 11.4 Å². The monoisotopic (exact) mass is 329 g/mol. The molecule has 2 aromatic rings. The number of hydrogen-bond donors (Lipinski definition) is 1. The molecule has 0 bridgehead atoms. The van der Waals surface area contributed by atoms with Gasteiger partial charge < -0.3 is 10.0 Å². The van der Waals surface area contributed by atoms with Gasteiger partial charge in [0, 0.05) is 18.7 Å². The molecule has 0 unspecified atom stereocenters. The Kier molecular flexibility index (Phi) is 4.28. The quantitative estimate of drug-likeness (QED) is 0.891. The molecule has 1 N–H and O–H groups in total. The fourth-order valence-corrected chi connectivity index (χ4v) is 2.84. The SMILES string of the molecule is Cc1ccc(-c2nnn(CC(=O)N3C[C@@H](C)[C@H](C(=O)O)C3)n2)cc1. The van der Waals surface area contributed by atoms with Gasteiger partial charge in [-0.1, -0.05) is 36.8 Å². The molecule has 126 valence electrons. The van der Waals surface area contributed by atoms with Gasteiger partial charge in [-0.2, -0.15) is 4.80 Å². The average molecular weight is 329 g/mol. The van der Waals surface area contributed by atoms with Crippen molar-refractivity contribution in [2.75, 3.05) is 13.1 Å². The lowest BCUT2D eigenvalue weighted by molar-refractivity contribution is -0.142. The molecule has 1 aliphatic heterocycles. The van der Waals surface area contributed by atoms with Gasteiger partial charge in [0.2, 0.25) is 11.7 Å². The molecule has 1 aliphatic rings. The van der Waals surface area contributed by atoms with Gasteiger partial charge in [0.15, 0.2) is 0 Å². The van der Waals surface area contributed by atoms with Gasteiger partial charge in [-0.15, -0.1) is 10.2 Å². The zero-order chi connectivity index (χ0) is 17.3. The first kappa shape index (κ1) is 16.1. The second kappa shape index (κ2) is 6.38. The van der Waals surface area contributed by atoms with E-state index in [0.717, 1.165) is 11.1 Å². The van der Waals surface area contributed by atoms with Crippen LogP contribution in [0.15, 0.2) is 24.3 Å².